The van der Waals surface area contributed by atoms with E-state index in [2.05, 4.69) is 38.8 Å². The van der Waals surface area contributed by atoms with Gasteiger partial charge in [0.05, 0.1) is 31.9 Å². The van der Waals surface area contributed by atoms with E-state index >= 15 is 0 Å². The first-order valence-electron chi connectivity index (χ1n) is 12.0. The van der Waals surface area contributed by atoms with E-state index in [0.717, 1.165) is 0 Å². The van der Waals surface area contributed by atoms with Gasteiger partial charge in [0.1, 0.15) is 5.60 Å². The van der Waals surface area contributed by atoms with Gasteiger partial charge in [-0.25, -0.2) is 14.6 Å². The summed E-state index contributed by atoms with van der Waals surface area (Å²) in [5, 5.41) is 8.33. The number of nitrogens with zero attached hydrogens (tertiary/aromatic N) is 1. The number of methoxy groups -OCH3 is 2. The van der Waals surface area contributed by atoms with Crippen LogP contribution < -0.4 is 20.7 Å². The molecule has 0 aliphatic heterocycles. The predicted molar refractivity (Wildman–Crippen MR) is 147 cm³/mol. The summed E-state index contributed by atoms with van der Waals surface area (Å²) in [6, 6.07) is 6.28. The Hall–Kier alpha value is -4.34. The highest BCUT2D eigenvalue weighted by molar-refractivity contribution is 5.99. The first-order chi connectivity index (χ1) is 17.9. The molecular weight excluding hydrogens is 488 g/mol. The fourth-order valence-electron chi connectivity index (χ4n) is 3.42. The largest absolute Gasteiger partial charge is 0.481 e. The Morgan fingerprint density at radius 3 is 2.37 bits per heavy atom. The molecule has 0 saturated carbocycles. The topological polar surface area (TPSA) is 128 Å². The van der Waals surface area contributed by atoms with Crippen LogP contribution in [-0.4, -0.2) is 42.9 Å². The van der Waals surface area contributed by atoms with Crippen molar-refractivity contribution in [2.45, 2.75) is 45.8 Å². The second kappa shape index (κ2) is 13.3. The number of benzene rings is 1. The highest BCUT2D eigenvalue weighted by Crippen LogP contribution is 2.35. The summed E-state index contributed by atoms with van der Waals surface area (Å²) >= 11 is 0. The number of aromatic nitrogens is 1. The maximum absolute atomic E-state index is 12.7. The van der Waals surface area contributed by atoms with Gasteiger partial charge in [0.2, 0.25) is 11.8 Å². The van der Waals surface area contributed by atoms with Crippen LogP contribution in [0.5, 0.6) is 5.88 Å². The number of carbonyl (C=O) groups is 3. The van der Waals surface area contributed by atoms with E-state index in [0.29, 0.717) is 40.4 Å². The number of nitrogens with one attached hydrogen (secondary N) is 3. The van der Waals surface area contributed by atoms with Gasteiger partial charge in [-0.05, 0) is 45.4 Å². The van der Waals surface area contributed by atoms with Gasteiger partial charge < -0.3 is 24.8 Å². The average molecular weight is 525 g/mol. The van der Waals surface area contributed by atoms with Crippen LogP contribution in [0.25, 0.3) is 11.1 Å². The number of hydrogen-bond donors (Lipinski definition) is 3. The second-order valence-corrected chi connectivity index (χ2v) is 9.44. The maximum Gasteiger partial charge on any atom is 0.411 e. The van der Waals surface area contributed by atoms with Crippen molar-refractivity contribution in [1.82, 2.24) is 10.3 Å². The van der Waals surface area contributed by atoms with Crippen LogP contribution in [0, 0.1) is 5.92 Å². The summed E-state index contributed by atoms with van der Waals surface area (Å²) in [5.41, 5.74) is 2.01. The number of hydrogen-bond acceptors (Lipinski definition) is 7. The molecule has 0 aliphatic carbocycles. The molecule has 1 aromatic heterocycles. The van der Waals surface area contributed by atoms with Crippen molar-refractivity contribution >= 4 is 29.5 Å². The van der Waals surface area contributed by atoms with Gasteiger partial charge in [-0.2, -0.15) is 0 Å². The van der Waals surface area contributed by atoms with Crippen LogP contribution in [0.2, 0.25) is 0 Å². The summed E-state index contributed by atoms with van der Waals surface area (Å²) in [6.45, 7) is 14.5. The first kappa shape index (κ1) is 29.9. The number of ether oxygens (including phenoxy) is 3. The van der Waals surface area contributed by atoms with E-state index in [1.807, 2.05) is 6.07 Å². The Labute approximate surface area is 223 Å². The maximum atomic E-state index is 12.7. The molecule has 38 heavy (non-hydrogen) atoms. The van der Waals surface area contributed by atoms with Crippen molar-refractivity contribution < 1.29 is 28.6 Å². The van der Waals surface area contributed by atoms with E-state index in [-0.39, 0.29) is 5.91 Å². The molecule has 2 aromatic rings. The lowest BCUT2D eigenvalue weighted by Gasteiger charge is -2.24. The molecule has 3 N–H and O–H groups in total. The molecule has 0 fully saturated rings. The Balaban J connectivity index is 2.59. The molecule has 10 nitrogen and oxygen atoms in total. The van der Waals surface area contributed by atoms with Gasteiger partial charge in [0.15, 0.2) is 0 Å². The lowest BCUT2D eigenvalue weighted by Crippen LogP contribution is -2.35. The minimum atomic E-state index is -0.678. The molecule has 1 aromatic carbocycles. The van der Waals surface area contributed by atoms with Crippen molar-refractivity contribution in [3.05, 3.63) is 61.3 Å². The zero-order chi connectivity index (χ0) is 28.5. The van der Waals surface area contributed by atoms with Crippen LogP contribution in [0.4, 0.5) is 21.0 Å². The standard InChI is InChI=1S/C28H36N4O6/c1-9-11-22(32-27(35)38-28(4,5)6)21-14-18(16-29-25(21)36-7)20-13-12-19(30-26(34)37-8)15-23(20)31-24(33)17(3)10-2/h9-10,12-17,22H,1-2,11H2,3-8H3,(H,30,34)(H,31,33)(H,32,35)/t17-,22?/m1/s1. The minimum Gasteiger partial charge on any atom is -0.481 e. The second-order valence-electron chi connectivity index (χ2n) is 9.44. The molecule has 2 rings (SSSR count). The zero-order valence-corrected chi connectivity index (χ0v) is 22.7. The molecule has 1 unspecified atom stereocenters. The average Bonchev–Trinajstić information content (AvgIpc) is 2.86. The first-order valence-corrected chi connectivity index (χ1v) is 12.0. The van der Waals surface area contributed by atoms with Gasteiger partial charge in [0, 0.05) is 28.6 Å². The van der Waals surface area contributed by atoms with Crippen molar-refractivity contribution in [3.8, 4) is 17.0 Å². The van der Waals surface area contributed by atoms with Crippen LogP contribution in [0.1, 0.15) is 45.7 Å². The quantitative estimate of drug-likeness (QED) is 0.333. The van der Waals surface area contributed by atoms with Crippen LogP contribution >= 0.6 is 0 Å². The Bertz CT molecular complexity index is 1190. The molecular formula is C28H36N4O6. The summed E-state index contributed by atoms with van der Waals surface area (Å²) in [7, 11) is 2.74. The molecule has 0 spiro atoms. The summed E-state index contributed by atoms with van der Waals surface area (Å²) in [4.78, 5) is 41.5. The molecule has 0 saturated heterocycles. The summed E-state index contributed by atoms with van der Waals surface area (Å²) < 4.78 is 15.6. The third kappa shape index (κ3) is 8.36. The van der Waals surface area contributed by atoms with Crippen LogP contribution in [-0.2, 0) is 14.3 Å². The van der Waals surface area contributed by atoms with Gasteiger partial charge in [-0.1, -0.05) is 25.1 Å². The number of pyridine rings is 1. The fraction of sp³-hybridized carbons (Fsp3) is 0.357. The number of amides is 3. The number of alkyl carbamates (subject to hydrolysis) is 1. The highest BCUT2D eigenvalue weighted by atomic mass is 16.6. The Morgan fingerprint density at radius 1 is 1.08 bits per heavy atom. The van der Waals surface area contributed by atoms with Gasteiger partial charge in [-0.3, -0.25) is 10.1 Å². The minimum absolute atomic E-state index is 0.283. The van der Waals surface area contributed by atoms with Crippen LogP contribution in [0.3, 0.4) is 0 Å². The molecule has 1 heterocycles. The monoisotopic (exact) mass is 524 g/mol. The summed E-state index contributed by atoms with van der Waals surface area (Å²) in [5.74, 6) is -0.430. The van der Waals surface area contributed by atoms with Gasteiger partial charge in [-0.15, -0.1) is 13.2 Å². The lowest BCUT2D eigenvalue weighted by atomic mass is 9.98. The molecule has 0 radical (unpaired) electrons. The predicted octanol–water partition coefficient (Wildman–Crippen LogP) is 5.84. The number of anilines is 2. The number of rotatable bonds is 10. The third-order valence-corrected chi connectivity index (χ3v) is 5.33. The zero-order valence-electron chi connectivity index (χ0n) is 22.7. The van der Waals surface area contributed by atoms with Crippen molar-refractivity contribution in [2.24, 2.45) is 5.92 Å². The van der Waals surface area contributed by atoms with E-state index in [1.165, 1.54) is 20.3 Å². The lowest BCUT2D eigenvalue weighted by molar-refractivity contribution is -0.118. The molecule has 3 amide bonds. The smallest absolute Gasteiger partial charge is 0.411 e. The summed E-state index contributed by atoms with van der Waals surface area (Å²) in [6.07, 6.45) is 3.92. The molecule has 0 bridgehead atoms. The van der Waals surface area contributed by atoms with Gasteiger partial charge >= 0.3 is 12.2 Å². The van der Waals surface area contributed by atoms with E-state index < -0.39 is 29.7 Å². The van der Waals surface area contributed by atoms with Crippen molar-refractivity contribution in [3.63, 3.8) is 0 Å². The van der Waals surface area contributed by atoms with Crippen molar-refractivity contribution in [1.29, 1.82) is 0 Å². The van der Waals surface area contributed by atoms with E-state index in [1.54, 1.807) is 58.2 Å². The fourth-order valence-corrected chi connectivity index (χ4v) is 3.42. The van der Waals surface area contributed by atoms with E-state index in [4.69, 9.17) is 9.47 Å². The molecule has 0 aliphatic rings. The molecule has 10 heteroatoms. The number of carbonyl (C=O) groups excluding carboxylic acids is 3. The third-order valence-electron chi connectivity index (χ3n) is 5.33. The van der Waals surface area contributed by atoms with Crippen LogP contribution in [0.15, 0.2) is 55.8 Å². The molecule has 2 atom stereocenters. The SMILES string of the molecule is C=CCC(NC(=O)OC(C)(C)C)c1cc(-c2ccc(NC(=O)OC)cc2NC(=O)[C@H](C)C=C)cnc1OC. The normalized spacial score (nSPS) is 12.4. The Morgan fingerprint density at radius 2 is 1.79 bits per heavy atom. The van der Waals surface area contributed by atoms with E-state index in [9.17, 15) is 14.4 Å². The molecule has 204 valence electrons. The highest BCUT2D eigenvalue weighted by Gasteiger charge is 2.24. The Kier molecular flexibility index (Phi) is 10.4. The van der Waals surface area contributed by atoms with Crippen molar-refractivity contribution in [2.75, 3.05) is 24.9 Å². The van der Waals surface area contributed by atoms with Gasteiger partial charge in [0.25, 0.3) is 0 Å².